The summed E-state index contributed by atoms with van der Waals surface area (Å²) in [6.45, 7) is 4.03. The number of nitrogens with zero attached hydrogens (tertiary/aromatic N) is 3. The molecule has 29 heavy (non-hydrogen) atoms. The standard InChI is InChI=1S/C18H24N4O5S2/c1-3-11(2)15(18(24)25)19-17(23)12-7-9-22(10-8-12)29(26,27)14-6-4-5-13-16(14)21-28-20-13/h4-6,11-12,15H,3,7-10H2,1-2H3,(H,19,23)(H,24,25)/t11-,15+/m0/s1. The zero-order valence-electron chi connectivity index (χ0n) is 16.2. The second-order valence-electron chi connectivity index (χ2n) is 7.28. The van der Waals surface area contributed by atoms with Gasteiger partial charge >= 0.3 is 5.97 Å². The van der Waals surface area contributed by atoms with Crippen LogP contribution in [0.5, 0.6) is 0 Å². The molecule has 0 aromatic heterocycles. The van der Waals surface area contributed by atoms with Crippen LogP contribution in [0.4, 0.5) is 11.4 Å². The number of hydrogen-bond acceptors (Lipinski definition) is 6. The van der Waals surface area contributed by atoms with E-state index in [9.17, 15) is 23.1 Å². The molecule has 0 aliphatic carbocycles. The van der Waals surface area contributed by atoms with Crippen LogP contribution in [0.1, 0.15) is 33.1 Å². The molecule has 0 spiro atoms. The van der Waals surface area contributed by atoms with Crippen molar-refractivity contribution in [3.8, 4) is 0 Å². The maximum absolute atomic E-state index is 13.1. The summed E-state index contributed by atoms with van der Waals surface area (Å²) in [5, 5.41) is 12.0. The third kappa shape index (κ3) is 4.41. The van der Waals surface area contributed by atoms with Crippen molar-refractivity contribution in [2.75, 3.05) is 13.1 Å². The molecule has 1 saturated heterocycles. The van der Waals surface area contributed by atoms with Crippen molar-refractivity contribution >= 4 is 44.6 Å². The van der Waals surface area contributed by atoms with E-state index in [-0.39, 0.29) is 29.8 Å². The van der Waals surface area contributed by atoms with Crippen LogP contribution >= 0.6 is 0 Å². The molecule has 1 aromatic rings. The quantitative estimate of drug-likeness (QED) is 0.683. The van der Waals surface area contributed by atoms with E-state index in [1.165, 1.54) is 10.4 Å². The molecule has 2 aliphatic rings. The van der Waals surface area contributed by atoms with Gasteiger partial charge in [0.2, 0.25) is 15.9 Å². The summed E-state index contributed by atoms with van der Waals surface area (Å²) in [4.78, 5) is 24.1. The minimum absolute atomic E-state index is 0.120. The Labute approximate surface area is 173 Å². The van der Waals surface area contributed by atoms with Crippen LogP contribution in [0.2, 0.25) is 0 Å². The lowest BCUT2D eigenvalue weighted by molar-refractivity contribution is -0.144. The second-order valence-corrected chi connectivity index (χ2v) is 9.71. The fraction of sp³-hybridized carbons (Fsp3) is 0.556. The van der Waals surface area contributed by atoms with Crippen LogP contribution < -0.4 is 5.32 Å². The summed E-state index contributed by atoms with van der Waals surface area (Å²) >= 11 is 0.962. The number of benzene rings is 1. The first-order valence-corrected chi connectivity index (χ1v) is 11.7. The van der Waals surface area contributed by atoms with Crippen molar-refractivity contribution in [3.05, 3.63) is 18.2 Å². The highest BCUT2D eigenvalue weighted by atomic mass is 32.2. The molecule has 2 aliphatic heterocycles. The molecule has 1 aromatic carbocycles. The lowest BCUT2D eigenvalue weighted by Gasteiger charge is -2.31. The van der Waals surface area contributed by atoms with Gasteiger partial charge in [-0.1, -0.05) is 26.3 Å². The van der Waals surface area contributed by atoms with Crippen LogP contribution in [0.15, 0.2) is 31.8 Å². The molecule has 3 rings (SSSR count). The number of carboxylic acid groups (broad SMARTS) is 1. The van der Waals surface area contributed by atoms with Crippen LogP contribution in [0.3, 0.4) is 0 Å². The largest absolute Gasteiger partial charge is 0.480 e. The van der Waals surface area contributed by atoms with E-state index in [2.05, 4.69) is 14.0 Å². The molecule has 1 amide bonds. The summed E-state index contributed by atoms with van der Waals surface area (Å²) in [6.07, 6.45) is 1.30. The van der Waals surface area contributed by atoms with Gasteiger partial charge in [-0.3, -0.25) is 4.79 Å². The number of amides is 1. The molecular formula is C18H24N4O5S2. The van der Waals surface area contributed by atoms with Crippen molar-refractivity contribution in [3.63, 3.8) is 0 Å². The molecule has 158 valence electrons. The number of hydrogen-bond donors (Lipinski definition) is 2. The average Bonchev–Trinajstić information content (AvgIpc) is 3.19. The minimum Gasteiger partial charge on any atom is -0.480 e. The first-order chi connectivity index (χ1) is 13.8. The Balaban J connectivity index is 1.66. The van der Waals surface area contributed by atoms with Crippen LogP contribution in [0.25, 0.3) is 0 Å². The Kier molecular flexibility index (Phi) is 6.49. The van der Waals surface area contributed by atoms with Gasteiger partial charge in [0.1, 0.15) is 22.3 Å². The number of carbonyl (C=O) groups is 2. The van der Waals surface area contributed by atoms with E-state index in [0.717, 1.165) is 11.4 Å². The summed E-state index contributed by atoms with van der Waals surface area (Å²) in [6, 6.07) is 3.92. The SMILES string of the molecule is CC[C@H](C)[C@@H](NC(=O)C1CCN(S(=O)(=O)c2cccc3c2N=S=N3)CC1)C(=O)O. The van der Waals surface area contributed by atoms with E-state index in [0.29, 0.717) is 30.6 Å². The Morgan fingerprint density at radius 3 is 2.62 bits per heavy atom. The van der Waals surface area contributed by atoms with Gasteiger partial charge in [-0.05, 0) is 30.9 Å². The topological polar surface area (TPSA) is 128 Å². The lowest BCUT2D eigenvalue weighted by atomic mass is 9.94. The number of fused-ring (bicyclic) bond motifs is 1. The van der Waals surface area contributed by atoms with E-state index < -0.39 is 28.0 Å². The maximum Gasteiger partial charge on any atom is 0.326 e. The first kappa shape index (κ1) is 21.6. The van der Waals surface area contributed by atoms with Gasteiger partial charge in [0.25, 0.3) is 0 Å². The predicted molar refractivity (Wildman–Crippen MR) is 108 cm³/mol. The van der Waals surface area contributed by atoms with E-state index in [4.69, 9.17) is 0 Å². The molecule has 2 atom stereocenters. The number of nitrogens with one attached hydrogen (secondary N) is 1. The van der Waals surface area contributed by atoms with Gasteiger partial charge in [0.15, 0.2) is 0 Å². The molecule has 0 unspecified atom stereocenters. The number of carbonyl (C=O) groups excluding carboxylic acids is 1. The zero-order chi connectivity index (χ0) is 21.2. The molecule has 2 heterocycles. The predicted octanol–water partition coefficient (Wildman–Crippen LogP) is 2.43. The van der Waals surface area contributed by atoms with Gasteiger partial charge in [-0.25, -0.2) is 13.2 Å². The Hall–Kier alpha value is -2.11. The first-order valence-electron chi connectivity index (χ1n) is 9.50. The van der Waals surface area contributed by atoms with Crippen molar-refractivity contribution in [1.82, 2.24) is 9.62 Å². The number of aliphatic carboxylic acids is 1. The zero-order valence-corrected chi connectivity index (χ0v) is 17.9. The highest BCUT2D eigenvalue weighted by Crippen LogP contribution is 2.39. The molecule has 11 heteroatoms. The number of rotatable bonds is 7. The van der Waals surface area contributed by atoms with Gasteiger partial charge in [-0.2, -0.15) is 13.0 Å². The lowest BCUT2D eigenvalue weighted by Crippen LogP contribution is -2.49. The van der Waals surface area contributed by atoms with E-state index in [1.807, 2.05) is 6.92 Å². The highest BCUT2D eigenvalue weighted by molar-refractivity contribution is 7.89. The van der Waals surface area contributed by atoms with E-state index in [1.54, 1.807) is 19.1 Å². The second kappa shape index (κ2) is 8.72. The highest BCUT2D eigenvalue weighted by Gasteiger charge is 2.35. The van der Waals surface area contributed by atoms with Gasteiger partial charge in [0.05, 0.1) is 11.4 Å². The van der Waals surface area contributed by atoms with Gasteiger partial charge < -0.3 is 10.4 Å². The Morgan fingerprint density at radius 1 is 1.31 bits per heavy atom. The fourth-order valence-electron chi connectivity index (χ4n) is 3.44. The third-order valence-electron chi connectivity index (χ3n) is 5.47. The third-order valence-corrected chi connectivity index (χ3v) is 7.94. The summed E-state index contributed by atoms with van der Waals surface area (Å²) in [5.41, 5.74) is 0.894. The Bertz CT molecular complexity index is 980. The van der Waals surface area contributed by atoms with Crippen LogP contribution in [-0.4, -0.2) is 48.8 Å². The molecular weight excluding hydrogens is 416 g/mol. The smallest absolute Gasteiger partial charge is 0.326 e. The van der Waals surface area contributed by atoms with Crippen LogP contribution in [-0.2, 0) is 31.0 Å². The van der Waals surface area contributed by atoms with E-state index >= 15 is 0 Å². The minimum atomic E-state index is -3.75. The van der Waals surface area contributed by atoms with Gasteiger partial charge in [-0.15, -0.1) is 0 Å². The van der Waals surface area contributed by atoms with Crippen molar-refractivity contribution in [1.29, 1.82) is 0 Å². The fourth-order valence-corrected chi connectivity index (χ4v) is 5.66. The summed E-state index contributed by atoms with van der Waals surface area (Å²) < 4.78 is 35.7. The van der Waals surface area contributed by atoms with Crippen LogP contribution in [0, 0.1) is 11.8 Å². The van der Waals surface area contributed by atoms with Crippen molar-refractivity contribution < 1.29 is 23.1 Å². The number of carboxylic acids is 1. The normalized spacial score (nSPS) is 19.2. The monoisotopic (exact) mass is 440 g/mol. The van der Waals surface area contributed by atoms with Crippen molar-refractivity contribution in [2.45, 2.75) is 44.0 Å². The molecule has 0 radical (unpaired) electrons. The van der Waals surface area contributed by atoms with Crippen molar-refractivity contribution in [2.24, 2.45) is 20.6 Å². The number of sulfonamides is 1. The van der Waals surface area contributed by atoms with Gasteiger partial charge in [0, 0.05) is 19.0 Å². The summed E-state index contributed by atoms with van der Waals surface area (Å²) in [5.74, 6) is -1.99. The molecule has 0 bridgehead atoms. The molecule has 1 fully saturated rings. The molecule has 0 saturated carbocycles. The molecule has 2 N–H and O–H groups in total. The molecule has 9 nitrogen and oxygen atoms in total. The number of piperidine rings is 1. The maximum atomic E-state index is 13.1. The Morgan fingerprint density at radius 2 is 2.00 bits per heavy atom. The average molecular weight is 441 g/mol. The summed E-state index contributed by atoms with van der Waals surface area (Å²) in [7, 11) is -3.75.